The van der Waals surface area contributed by atoms with E-state index >= 15 is 0 Å². The molecule has 0 unspecified atom stereocenters. The maximum Gasteiger partial charge on any atom is 0.156 e. The first-order chi connectivity index (χ1) is 9.17. The molecule has 1 aromatic rings. The van der Waals surface area contributed by atoms with Crippen molar-refractivity contribution in [3.8, 4) is 0 Å². The lowest BCUT2D eigenvalue weighted by Gasteiger charge is -2.31. The molecule has 1 saturated carbocycles. The summed E-state index contributed by atoms with van der Waals surface area (Å²) in [4.78, 5) is 4.76. The van der Waals surface area contributed by atoms with E-state index in [4.69, 9.17) is 4.99 Å². The molecule has 0 bridgehead atoms. The monoisotopic (exact) mass is 278 g/mol. The highest BCUT2D eigenvalue weighted by Crippen LogP contribution is 2.43. The molecule has 19 heavy (non-hydrogen) atoms. The lowest BCUT2D eigenvalue weighted by Crippen LogP contribution is -2.33. The molecule has 1 aliphatic heterocycles. The molecule has 3 rings (SSSR count). The zero-order valence-corrected chi connectivity index (χ0v) is 12.6. The van der Waals surface area contributed by atoms with Crippen molar-refractivity contribution >= 4 is 16.9 Å². The van der Waals surface area contributed by atoms with Crippen LogP contribution in [0.5, 0.6) is 0 Å². The Balaban J connectivity index is 1.57. The number of hydrogen-bond donors (Lipinski definition) is 1. The van der Waals surface area contributed by atoms with Crippen molar-refractivity contribution in [2.45, 2.75) is 39.2 Å². The third kappa shape index (κ3) is 2.81. The van der Waals surface area contributed by atoms with E-state index in [1.807, 2.05) is 23.5 Å². The van der Waals surface area contributed by atoms with E-state index in [-0.39, 0.29) is 0 Å². The zero-order valence-electron chi connectivity index (χ0n) is 11.8. The van der Waals surface area contributed by atoms with E-state index in [1.54, 1.807) is 0 Å². The maximum absolute atomic E-state index is 4.76. The van der Waals surface area contributed by atoms with Crippen LogP contribution in [0.2, 0.25) is 0 Å². The molecule has 1 fully saturated rings. The number of aryl methyl sites for hydroxylation is 2. The Hall–Kier alpha value is -0.970. The molecule has 0 amide bonds. The van der Waals surface area contributed by atoms with Gasteiger partial charge in [0.1, 0.15) is 0 Å². The van der Waals surface area contributed by atoms with Crippen LogP contribution >= 0.6 is 11.8 Å². The fourth-order valence-electron chi connectivity index (χ4n) is 3.08. The van der Waals surface area contributed by atoms with E-state index in [0.29, 0.717) is 5.41 Å². The second kappa shape index (κ2) is 5.19. The van der Waals surface area contributed by atoms with E-state index < -0.39 is 0 Å². The summed E-state index contributed by atoms with van der Waals surface area (Å²) in [6.07, 6.45) is 7.62. The first-order valence-corrected chi connectivity index (χ1v) is 8.06. The summed E-state index contributed by atoms with van der Waals surface area (Å²) in [5, 5.41) is 8.93. The van der Waals surface area contributed by atoms with Gasteiger partial charge in [0.2, 0.25) is 0 Å². The summed E-state index contributed by atoms with van der Waals surface area (Å²) in [6, 6.07) is 0. The van der Waals surface area contributed by atoms with Crippen molar-refractivity contribution < 1.29 is 0 Å². The minimum Gasteiger partial charge on any atom is -0.361 e. The molecule has 0 aromatic carbocycles. The largest absolute Gasteiger partial charge is 0.361 e. The lowest BCUT2D eigenvalue weighted by atomic mass is 9.89. The highest BCUT2D eigenvalue weighted by Gasteiger charge is 2.36. The van der Waals surface area contributed by atoms with Crippen LogP contribution in [-0.4, -0.2) is 27.2 Å². The van der Waals surface area contributed by atoms with Gasteiger partial charge in [-0.1, -0.05) is 24.6 Å². The summed E-state index contributed by atoms with van der Waals surface area (Å²) in [5.41, 5.74) is 2.88. The predicted molar refractivity (Wildman–Crippen MR) is 80.4 cm³/mol. The third-order valence-electron chi connectivity index (χ3n) is 4.28. The molecule has 1 aromatic heterocycles. The van der Waals surface area contributed by atoms with Gasteiger partial charge < -0.3 is 5.32 Å². The van der Waals surface area contributed by atoms with Crippen LogP contribution < -0.4 is 5.32 Å². The summed E-state index contributed by atoms with van der Waals surface area (Å²) in [5.74, 6) is 1.24. The summed E-state index contributed by atoms with van der Waals surface area (Å²) < 4.78 is 1.87. The molecule has 0 radical (unpaired) electrons. The van der Waals surface area contributed by atoms with Gasteiger partial charge in [-0.3, -0.25) is 9.67 Å². The van der Waals surface area contributed by atoms with Crippen molar-refractivity contribution in [2.24, 2.45) is 17.5 Å². The third-order valence-corrected chi connectivity index (χ3v) is 5.59. The number of aromatic nitrogens is 2. The molecule has 1 spiro atoms. The van der Waals surface area contributed by atoms with Crippen molar-refractivity contribution in [2.75, 3.05) is 12.3 Å². The highest BCUT2D eigenvalue weighted by atomic mass is 32.2. The van der Waals surface area contributed by atoms with Gasteiger partial charge in [-0.15, -0.1) is 0 Å². The van der Waals surface area contributed by atoms with Crippen molar-refractivity contribution in [1.29, 1.82) is 0 Å². The fourth-order valence-corrected chi connectivity index (χ4v) is 4.23. The minimum absolute atomic E-state index is 0.528. The smallest absolute Gasteiger partial charge is 0.156 e. The summed E-state index contributed by atoms with van der Waals surface area (Å²) >= 11 is 1.90. The van der Waals surface area contributed by atoms with Crippen LogP contribution in [0.15, 0.2) is 11.2 Å². The second-order valence-corrected chi connectivity index (χ2v) is 6.85. The lowest BCUT2D eigenvalue weighted by molar-refractivity contribution is 0.358. The first kappa shape index (κ1) is 13.0. The topological polar surface area (TPSA) is 42.2 Å². The van der Waals surface area contributed by atoms with E-state index in [1.165, 1.54) is 37.0 Å². The van der Waals surface area contributed by atoms with Crippen LogP contribution in [-0.2, 0) is 13.6 Å². The van der Waals surface area contributed by atoms with Gasteiger partial charge in [-0.25, -0.2) is 0 Å². The van der Waals surface area contributed by atoms with Gasteiger partial charge in [0.25, 0.3) is 0 Å². The second-order valence-electron chi connectivity index (χ2n) is 5.88. The Morgan fingerprint density at radius 2 is 2.21 bits per heavy atom. The molecule has 0 saturated heterocycles. The molecule has 2 aliphatic rings. The quantitative estimate of drug-likeness (QED) is 0.903. The van der Waals surface area contributed by atoms with Crippen molar-refractivity contribution in [3.63, 3.8) is 0 Å². The zero-order chi connectivity index (χ0) is 13.3. The van der Waals surface area contributed by atoms with Crippen LogP contribution in [0.25, 0.3) is 0 Å². The Kier molecular flexibility index (Phi) is 3.56. The normalized spacial score (nSPS) is 21.7. The summed E-state index contributed by atoms with van der Waals surface area (Å²) in [7, 11) is 1.97. The number of nitrogens with zero attached hydrogens (tertiary/aromatic N) is 3. The van der Waals surface area contributed by atoms with E-state index in [0.717, 1.165) is 24.0 Å². The number of amidine groups is 1. The number of nitrogens with one attached hydrogen (secondary N) is 1. The average Bonchev–Trinajstić information content (AvgIpc) is 2.97. The Labute approximate surface area is 119 Å². The predicted octanol–water partition coefficient (Wildman–Crippen LogP) is 2.48. The van der Waals surface area contributed by atoms with Gasteiger partial charge in [0.15, 0.2) is 5.17 Å². The molecule has 104 valence electrons. The van der Waals surface area contributed by atoms with Crippen LogP contribution in [0.3, 0.4) is 0 Å². The van der Waals surface area contributed by atoms with Crippen LogP contribution in [0.1, 0.15) is 36.9 Å². The van der Waals surface area contributed by atoms with Crippen LogP contribution in [0, 0.1) is 12.3 Å². The maximum atomic E-state index is 4.76. The molecular weight excluding hydrogens is 256 g/mol. The standard InChI is InChI=1S/C14H22N4S/c1-11-12(8-18(2)17-11)7-15-13-16-9-14(10-19-13)5-3-4-6-14/h8H,3-7,9-10H2,1-2H3,(H,15,16). The van der Waals surface area contributed by atoms with Crippen LogP contribution in [0.4, 0.5) is 0 Å². The molecule has 1 N–H and O–H groups in total. The highest BCUT2D eigenvalue weighted by molar-refractivity contribution is 8.13. The van der Waals surface area contributed by atoms with Gasteiger partial charge in [-0.05, 0) is 25.2 Å². The van der Waals surface area contributed by atoms with Gasteiger partial charge in [0, 0.05) is 37.7 Å². The molecule has 2 heterocycles. The van der Waals surface area contributed by atoms with E-state index in [2.05, 4.69) is 23.5 Å². The van der Waals surface area contributed by atoms with Crippen molar-refractivity contribution in [1.82, 2.24) is 15.1 Å². The summed E-state index contributed by atoms with van der Waals surface area (Å²) in [6.45, 7) is 3.91. The Morgan fingerprint density at radius 3 is 2.79 bits per heavy atom. The minimum atomic E-state index is 0.528. The number of hydrogen-bond acceptors (Lipinski definition) is 4. The molecule has 0 atom stereocenters. The average molecular weight is 278 g/mol. The van der Waals surface area contributed by atoms with Gasteiger partial charge >= 0.3 is 0 Å². The van der Waals surface area contributed by atoms with Gasteiger partial charge in [0.05, 0.1) is 5.69 Å². The molecule has 5 heteroatoms. The molecule has 4 nitrogen and oxygen atoms in total. The number of rotatable bonds is 2. The van der Waals surface area contributed by atoms with E-state index in [9.17, 15) is 0 Å². The number of aliphatic imine (C=N–C) groups is 1. The molecular formula is C14H22N4S. The number of thioether (sulfide) groups is 1. The van der Waals surface area contributed by atoms with Gasteiger partial charge in [-0.2, -0.15) is 5.10 Å². The Bertz CT molecular complexity index is 486. The Morgan fingerprint density at radius 1 is 1.42 bits per heavy atom. The first-order valence-electron chi connectivity index (χ1n) is 7.07. The van der Waals surface area contributed by atoms with Crippen molar-refractivity contribution in [3.05, 3.63) is 17.5 Å². The SMILES string of the molecule is Cc1nn(C)cc1CNC1=NCC2(CCCC2)CS1. The molecule has 1 aliphatic carbocycles. The fraction of sp³-hybridized carbons (Fsp3) is 0.714.